The number of amides is 1. The average Bonchev–Trinajstić information content (AvgIpc) is 2.86. The molecule has 0 aromatic heterocycles. The standard InChI is InChI=1S/C19H20ClFN2O/c1-13-10-14-6-3-4-9-18(14)23(13)19(24)12-22(2)11-15-16(20)7-5-8-17(15)21/h3-9,13H,10-12H2,1-2H3. The van der Waals surface area contributed by atoms with Crippen molar-refractivity contribution in [2.75, 3.05) is 18.5 Å². The predicted molar refractivity (Wildman–Crippen MR) is 94.8 cm³/mol. The molecule has 1 aliphatic rings. The van der Waals surface area contributed by atoms with Gasteiger partial charge in [-0.3, -0.25) is 9.69 Å². The number of likely N-dealkylation sites (N-methyl/N-ethyl adjacent to an activating group) is 1. The Bertz CT molecular complexity index is 745. The summed E-state index contributed by atoms with van der Waals surface area (Å²) in [5.74, 6) is -0.330. The Hall–Kier alpha value is -1.91. The molecule has 1 heterocycles. The van der Waals surface area contributed by atoms with Crippen LogP contribution in [0.4, 0.5) is 10.1 Å². The van der Waals surface area contributed by atoms with Crippen LogP contribution in [0.2, 0.25) is 5.02 Å². The number of benzene rings is 2. The normalized spacial score (nSPS) is 16.5. The monoisotopic (exact) mass is 346 g/mol. The summed E-state index contributed by atoms with van der Waals surface area (Å²) in [6, 6.07) is 12.7. The highest BCUT2D eigenvalue weighted by Gasteiger charge is 2.30. The largest absolute Gasteiger partial charge is 0.308 e. The topological polar surface area (TPSA) is 23.6 Å². The van der Waals surface area contributed by atoms with Crippen molar-refractivity contribution in [3.63, 3.8) is 0 Å². The van der Waals surface area contributed by atoms with E-state index in [1.807, 2.05) is 30.0 Å². The van der Waals surface area contributed by atoms with Crippen LogP contribution in [-0.4, -0.2) is 30.4 Å². The van der Waals surface area contributed by atoms with Crippen molar-refractivity contribution in [1.82, 2.24) is 4.90 Å². The van der Waals surface area contributed by atoms with Gasteiger partial charge in [-0.1, -0.05) is 35.9 Å². The van der Waals surface area contributed by atoms with Gasteiger partial charge < -0.3 is 4.90 Å². The molecule has 1 unspecified atom stereocenters. The van der Waals surface area contributed by atoms with Crippen molar-refractivity contribution in [3.8, 4) is 0 Å². The SMILES string of the molecule is CC1Cc2ccccc2N1C(=O)CN(C)Cc1c(F)cccc1Cl. The summed E-state index contributed by atoms with van der Waals surface area (Å²) < 4.78 is 13.9. The number of nitrogens with zero attached hydrogens (tertiary/aromatic N) is 2. The van der Waals surface area contributed by atoms with E-state index in [0.29, 0.717) is 17.1 Å². The third kappa shape index (κ3) is 3.30. The van der Waals surface area contributed by atoms with Gasteiger partial charge in [0, 0.05) is 28.9 Å². The van der Waals surface area contributed by atoms with E-state index in [4.69, 9.17) is 11.6 Å². The third-order valence-corrected chi connectivity index (χ3v) is 4.72. The third-order valence-electron chi connectivity index (χ3n) is 4.37. The molecule has 0 bridgehead atoms. The molecule has 0 N–H and O–H groups in total. The lowest BCUT2D eigenvalue weighted by atomic mass is 10.1. The smallest absolute Gasteiger partial charge is 0.241 e. The van der Waals surface area contributed by atoms with Crippen molar-refractivity contribution < 1.29 is 9.18 Å². The van der Waals surface area contributed by atoms with E-state index in [0.717, 1.165) is 12.1 Å². The zero-order valence-electron chi connectivity index (χ0n) is 13.8. The number of hydrogen-bond donors (Lipinski definition) is 0. The fourth-order valence-electron chi connectivity index (χ4n) is 3.26. The average molecular weight is 347 g/mol. The molecular weight excluding hydrogens is 327 g/mol. The highest BCUT2D eigenvalue weighted by molar-refractivity contribution is 6.31. The van der Waals surface area contributed by atoms with Gasteiger partial charge in [0.1, 0.15) is 5.82 Å². The molecule has 3 nitrogen and oxygen atoms in total. The Kier molecular flexibility index (Phi) is 4.88. The molecule has 0 radical (unpaired) electrons. The van der Waals surface area contributed by atoms with Crippen LogP contribution in [0, 0.1) is 5.82 Å². The summed E-state index contributed by atoms with van der Waals surface area (Å²) in [4.78, 5) is 16.4. The number of carbonyl (C=O) groups excluding carboxylic acids is 1. The molecule has 1 aliphatic heterocycles. The number of fused-ring (bicyclic) bond motifs is 1. The number of carbonyl (C=O) groups is 1. The second-order valence-corrected chi connectivity index (χ2v) is 6.73. The Morgan fingerprint density at radius 3 is 2.79 bits per heavy atom. The van der Waals surface area contributed by atoms with Crippen LogP contribution < -0.4 is 4.90 Å². The second kappa shape index (κ2) is 6.91. The molecule has 0 saturated carbocycles. The first-order valence-electron chi connectivity index (χ1n) is 7.98. The van der Waals surface area contributed by atoms with Crippen LogP contribution >= 0.6 is 11.6 Å². The van der Waals surface area contributed by atoms with Gasteiger partial charge >= 0.3 is 0 Å². The van der Waals surface area contributed by atoms with E-state index in [1.54, 1.807) is 24.1 Å². The first-order valence-corrected chi connectivity index (χ1v) is 8.36. The maximum Gasteiger partial charge on any atom is 0.241 e. The lowest BCUT2D eigenvalue weighted by Gasteiger charge is -2.26. The minimum Gasteiger partial charge on any atom is -0.308 e. The molecule has 0 spiro atoms. The highest BCUT2D eigenvalue weighted by atomic mass is 35.5. The van der Waals surface area contributed by atoms with Crippen LogP contribution in [0.25, 0.3) is 0 Å². The van der Waals surface area contributed by atoms with E-state index in [1.165, 1.54) is 11.6 Å². The maximum absolute atomic E-state index is 13.9. The van der Waals surface area contributed by atoms with Gasteiger partial charge in [-0.25, -0.2) is 4.39 Å². The quantitative estimate of drug-likeness (QED) is 0.838. The Morgan fingerprint density at radius 1 is 1.29 bits per heavy atom. The molecule has 2 aromatic rings. The number of halogens is 2. The molecule has 1 amide bonds. The number of para-hydroxylation sites is 1. The van der Waals surface area contributed by atoms with Crippen molar-refractivity contribution in [2.24, 2.45) is 0 Å². The fourth-order valence-corrected chi connectivity index (χ4v) is 3.48. The predicted octanol–water partition coefficient (Wildman–Crippen LogP) is 3.89. The summed E-state index contributed by atoms with van der Waals surface area (Å²) in [7, 11) is 1.80. The summed E-state index contributed by atoms with van der Waals surface area (Å²) in [6.07, 6.45) is 0.866. The van der Waals surface area contributed by atoms with E-state index >= 15 is 0 Å². The highest BCUT2D eigenvalue weighted by Crippen LogP contribution is 2.32. The summed E-state index contributed by atoms with van der Waals surface area (Å²) >= 11 is 6.07. The van der Waals surface area contributed by atoms with Gasteiger partial charge in [0.15, 0.2) is 0 Å². The molecule has 3 rings (SSSR count). The van der Waals surface area contributed by atoms with Gasteiger partial charge in [-0.2, -0.15) is 0 Å². The van der Waals surface area contributed by atoms with Crippen molar-refractivity contribution >= 4 is 23.2 Å². The number of anilines is 1. The lowest BCUT2D eigenvalue weighted by Crippen LogP contribution is -2.42. The summed E-state index contributed by atoms with van der Waals surface area (Å²) in [5.41, 5.74) is 2.59. The molecule has 2 aromatic carbocycles. The van der Waals surface area contributed by atoms with E-state index in [9.17, 15) is 9.18 Å². The second-order valence-electron chi connectivity index (χ2n) is 6.32. The molecule has 0 saturated heterocycles. The van der Waals surface area contributed by atoms with Crippen LogP contribution in [0.3, 0.4) is 0 Å². The van der Waals surface area contributed by atoms with Gasteiger partial charge in [0.25, 0.3) is 0 Å². The van der Waals surface area contributed by atoms with Gasteiger partial charge in [0.2, 0.25) is 5.91 Å². The molecule has 24 heavy (non-hydrogen) atoms. The van der Waals surface area contributed by atoms with Gasteiger partial charge in [0.05, 0.1) is 6.54 Å². The zero-order chi connectivity index (χ0) is 17.3. The Labute approximate surface area is 146 Å². The van der Waals surface area contributed by atoms with Crippen LogP contribution in [-0.2, 0) is 17.8 Å². The molecule has 126 valence electrons. The first kappa shape index (κ1) is 16.9. The Morgan fingerprint density at radius 2 is 2.04 bits per heavy atom. The molecule has 5 heteroatoms. The van der Waals surface area contributed by atoms with Crippen LogP contribution in [0.5, 0.6) is 0 Å². The zero-order valence-corrected chi connectivity index (χ0v) is 14.6. The molecule has 0 aliphatic carbocycles. The molecule has 0 fully saturated rings. The molecule has 1 atom stereocenters. The number of rotatable bonds is 4. The lowest BCUT2D eigenvalue weighted by molar-refractivity contribution is -0.119. The van der Waals surface area contributed by atoms with Crippen LogP contribution in [0.15, 0.2) is 42.5 Å². The van der Waals surface area contributed by atoms with Crippen LogP contribution in [0.1, 0.15) is 18.1 Å². The number of hydrogen-bond acceptors (Lipinski definition) is 2. The van der Waals surface area contributed by atoms with Gasteiger partial charge in [-0.15, -0.1) is 0 Å². The van der Waals surface area contributed by atoms with E-state index < -0.39 is 0 Å². The Balaban J connectivity index is 1.71. The van der Waals surface area contributed by atoms with E-state index in [2.05, 4.69) is 6.07 Å². The van der Waals surface area contributed by atoms with Crippen molar-refractivity contribution in [2.45, 2.75) is 25.9 Å². The minimum absolute atomic E-state index is 0.0161. The van der Waals surface area contributed by atoms with E-state index in [-0.39, 0.29) is 24.3 Å². The summed E-state index contributed by atoms with van der Waals surface area (Å²) in [6.45, 7) is 2.55. The van der Waals surface area contributed by atoms with Crippen molar-refractivity contribution in [3.05, 3.63) is 64.4 Å². The maximum atomic E-state index is 13.9. The fraction of sp³-hybridized carbons (Fsp3) is 0.316. The molecular formula is C19H20ClFN2O. The first-order chi connectivity index (χ1) is 11.5. The van der Waals surface area contributed by atoms with Crippen molar-refractivity contribution in [1.29, 1.82) is 0 Å². The van der Waals surface area contributed by atoms with Gasteiger partial charge in [-0.05, 0) is 44.2 Å². The minimum atomic E-state index is -0.346. The summed E-state index contributed by atoms with van der Waals surface area (Å²) in [5, 5.41) is 0.384.